The predicted octanol–water partition coefficient (Wildman–Crippen LogP) is 0.0224. The molecule has 1 aromatic rings. The maximum absolute atomic E-state index is 12.4. The van der Waals surface area contributed by atoms with Gasteiger partial charge in [0.05, 0.1) is 5.69 Å². The van der Waals surface area contributed by atoms with Crippen molar-refractivity contribution in [3.05, 3.63) is 18.3 Å². The first-order chi connectivity index (χ1) is 9.44. The lowest BCUT2D eigenvalue weighted by molar-refractivity contribution is -0.132. The molecule has 0 aliphatic carbocycles. The summed E-state index contributed by atoms with van der Waals surface area (Å²) in [5.74, 6) is 0.0363. The third-order valence-electron chi connectivity index (χ3n) is 3.24. The number of aromatic nitrogens is 1. The fraction of sp³-hybridized carbons (Fsp3) is 0.500. The quantitative estimate of drug-likeness (QED) is 0.818. The largest absolute Gasteiger partial charge is 0.386 e. The normalized spacial score (nSPS) is 20.0. The number of rotatable bonds is 4. The summed E-state index contributed by atoms with van der Waals surface area (Å²) in [6, 6.07) is 3.03. The second-order valence-electron chi connectivity index (χ2n) is 4.74. The van der Waals surface area contributed by atoms with Gasteiger partial charge in [0.2, 0.25) is 5.91 Å². The Morgan fingerprint density at radius 3 is 2.85 bits per heavy atom. The van der Waals surface area contributed by atoms with Gasteiger partial charge in [-0.15, -0.1) is 0 Å². The van der Waals surface area contributed by atoms with E-state index in [4.69, 9.17) is 0 Å². The number of piperidine rings is 1. The van der Waals surface area contributed by atoms with E-state index < -0.39 is 10.0 Å². The number of pyridine rings is 1. The van der Waals surface area contributed by atoms with Crippen LogP contribution in [0, 0.1) is 0 Å². The number of likely N-dealkylation sites (N-methyl/N-ethyl adjacent to an activating group) is 1. The van der Waals surface area contributed by atoms with Crippen LogP contribution in [0.5, 0.6) is 0 Å². The maximum Gasteiger partial charge on any atom is 0.260 e. The number of sulfonamides is 1. The van der Waals surface area contributed by atoms with Gasteiger partial charge in [-0.05, 0) is 18.6 Å². The predicted molar refractivity (Wildman–Crippen MR) is 74.8 cm³/mol. The highest BCUT2D eigenvalue weighted by Gasteiger charge is 2.28. The van der Waals surface area contributed by atoms with Crippen LogP contribution in [-0.2, 0) is 14.8 Å². The molecule has 1 saturated heterocycles. The van der Waals surface area contributed by atoms with Crippen molar-refractivity contribution in [1.29, 1.82) is 0 Å². The van der Waals surface area contributed by atoms with Gasteiger partial charge in [0.1, 0.15) is 0 Å². The molecule has 1 amide bonds. The minimum atomic E-state index is -3.71. The minimum absolute atomic E-state index is 0.0259. The molecule has 1 atom stereocenters. The first-order valence-electron chi connectivity index (χ1n) is 6.33. The smallest absolute Gasteiger partial charge is 0.260 e. The molecular formula is C12H18N4O3S. The summed E-state index contributed by atoms with van der Waals surface area (Å²) in [6.45, 7) is 0.375. The Kier molecular flexibility index (Phi) is 4.24. The van der Waals surface area contributed by atoms with E-state index in [1.165, 1.54) is 11.1 Å². The molecule has 0 bridgehead atoms. The summed E-state index contributed by atoms with van der Waals surface area (Å²) < 4.78 is 27.3. The van der Waals surface area contributed by atoms with Crippen molar-refractivity contribution >= 4 is 21.6 Å². The molecule has 20 heavy (non-hydrogen) atoms. The number of amides is 1. The Balaban J connectivity index is 2.17. The van der Waals surface area contributed by atoms with Crippen molar-refractivity contribution in [3.63, 3.8) is 0 Å². The lowest BCUT2D eigenvalue weighted by Crippen LogP contribution is -2.48. The fourth-order valence-electron chi connectivity index (χ4n) is 2.18. The van der Waals surface area contributed by atoms with Gasteiger partial charge in [-0.3, -0.25) is 4.79 Å². The van der Waals surface area contributed by atoms with Crippen LogP contribution in [0.25, 0.3) is 0 Å². The van der Waals surface area contributed by atoms with E-state index in [0.29, 0.717) is 25.1 Å². The number of hydrogen-bond acceptors (Lipinski definition) is 5. The van der Waals surface area contributed by atoms with Crippen LogP contribution in [0.2, 0.25) is 0 Å². The number of likely N-dealkylation sites (tertiary alicyclic amines) is 1. The Morgan fingerprint density at radius 2 is 2.20 bits per heavy atom. The monoisotopic (exact) mass is 298 g/mol. The molecule has 0 saturated carbocycles. The lowest BCUT2D eigenvalue weighted by Gasteiger charge is -2.29. The summed E-state index contributed by atoms with van der Waals surface area (Å²) >= 11 is 0. The molecule has 2 rings (SSSR count). The average molecular weight is 298 g/mol. The maximum atomic E-state index is 12.4. The van der Waals surface area contributed by atoms with Crippen molar-refractivity contribution in [2.24, 2.45) is 0 Å². The zero-order chi connectivity index (χ0) is 14.8. The number of carbonyl (C=O) groups is 1. The molecule has 1 aromatic heterocycles. The Labute approximate surface area is 118 Å². The van der Waals surface area contributed by atoms with Crippen molar-refractivity contribution in [3.8, 4) is 0 Å². The highest BCUT2D eigenvalue weighted by molar-refractivity contribution is 7.89. The molecule has 8 heteroatoms. The molecule has 2 N–H and O–H groups in total. The van der Waals surface area contributed by atoms with E-state index in [-0.39, 0.29) is 17.0 Å². The molecule has 7 nitrogen and oxygen atoms in total. The summed E-state index contributed by atoms with van der Waals surface area (Å²) in [5.41, 5.74) is 0.445. The number of hydrogen-bond donors (Lipinski definition) is 2. The SMILES string of the molecule is CNc1cccnc1S(=O)(=O)NC1CCC(=O)N(C)C1. The van der Waals surface area contributed by atoms with Gasteiger partial charge < -0.3 is 10.2 Å². The lowest BCUT2D eigenvalue weighted by atomic mass is 10.1. The number of nitrogens with one attached hydrogen (secondary N) is 2. The second kappa shape index (κ2) is 5.76. The van der Waals surface area contributed by atoms with Crippen molar-refractivity contribution in [2.45, 2.75) is 23.9 Å². The van der Waals surface area contributed by atoms with Gasteiger partial charge >= 0.3 is 0 Å². The molecule has 1 aliphatic heterocycles. The van der Waals surface area contributed by atoms with Crippen LogP contribution in [0.4, 0.5) is 5.69 Å². The summed E-state index contributed by atoms with van der Waals surface area (Å²) in [7, 11) is -0.394. The van der Waals surface area contributed by atoms with E-state index in [1.54, 1.807) is 26.2 Å². The molecule has 2 heterocycles. The minimum Gasteiger partial charge on any atom is -0.386 e. The zero-order valence-corrected chi connectivity index (χ0v) is 12.3. The second-order valence-corrected chi connectivity index (χ2v) is 6.37. The van der Waals surface area contributed by atoms with E-state index in [9.17, 15) is 13.2 Å². The van der Waals surface area contributed by atoms with Crippen LogP contribution in [0.15, 0.2) is 23.4 Å². The topological polar surface area (TPSA) is 91.4 Å². The Hall–Kier alpha value is -1.67. The van der Waals surface area contributed by atoms with E-state index >= 15 is 0 Å². The standard InChI is InChI=1S/C12H18N4O3S/c1-13-10-4-3-7-14-12(10)20(18,19)15-9-5-6-11(17)16(2)8-9/h3-4,7,9,13,15H,5-6,8H2,1-2H3. The van der Waals surface area contributed by atoms with Gasteiger partial charge in [0.15, 0.2) is 5.03 Å². The fourth-order valence-corrected chi connectivity index (χ4v) is 3.58. The van der Waals surface area contributed by atoms with Gasteiger partial charge in [-0.2, -0.15) is 0 Å². The first-order valence-corrected chi connectivity index (χ1v) is 7.81. The van der Waals surface area contributed by atoms with Crippen molar-refractivity contribution in [1.82, 2.24) is 14.6 Å². The molecule has 1 fully saturated rings. The average Bonchev–Trinajstić information content (AvgIpc) is 2.42. The third kappa shape index (κ3) is 3.07. The highest BCUT2D eigenvalue weighted by atomic mass is 32.2. The van der Waals surface area contributed by atoms with E-state index in [0.717, 1.165) is 0 Å². The molecule has 0 spiro atoms. The van der Waals surface area contributed by atoms with Gasteiger partial charge in [-0.25, -0.2) is 18.1 Å². The third-order valence-corrected chi connectivity index (χ3v) is 4.72. The molecule has 0 aromatic carbocycles. The summed E-state index contributed by atoms with van der Waals surface area (Å²) in [5, 5.41) is 2.78. The van der Waals surface area contributed by atoms with Gasteiger partial charge in [0, 0.05) is 39.3 Å². The zero-order valence-electron chi connectivity index (χ0n) is 11.5. The molecule has 0 radical (unpaired) electrons. The van der Waals surface area contributed by atoms with Gasteiger partial charge in [0.25, 0.3) is 10.0 Å². The van der Waals surface area contributed by atoms with Crippen LogP contribution in [0.1, 0.15) is 12.8 Å². The van der Waals surface area contributed by atoms with Crippen LogP contribution < -0.4 is 10.0 Å². The molecule has 110 valence electrons. The number of carbonyl (C=O) groups excluding carboxylic acids is 1. The molecular weight excluding hydrogens is 280 g/mol. The Morgan fingerprint density at radius 1 is 1.45 bits per heavy atom. The van der Waals surface area contributed by atoms with Crippen LogP contribution in [0.3, 0.4) is 0 Å². The molecule has 1 aliphatic rings. The molecule has 1 unspecified atom stereocenters. The van der Waals surface area contributed by atoms with Crippen LogP contribution >= 0.6 is 0 Å². The van der Waals surface area contributed by atoms with Crippen LogP contribution in [-0.4, -0.2) is 50.9 Å². The number of nitrogens with zero attached hydrogens (tertiary/aromatic N) is 2. The summed E-state index contributed by atoms with van der Waals surface area (Å²) in [4.78, 5) is 16.9. The number of anilines is 1. The first kappa shape index (κ1) is 14.7. The highest BCUT2D eigenvalue weighted by Crippen LogP contribution is 2.19. The van der Waals surface area contributed by atoms with Crippen molar-refractivity contribution in [2.75, 3.05) is 26.0 Å². The van der Waals surface area contributed by atoms with Crippen molar-refractivity contribution < 1.29 is 13.2 Å². The van der Waals surface area contributed by atoms with Gasteiger partial charge in [-0.1, -0.05) is 0 Å². The summed E-state index contributed by atoms with van der Waals surface area (Å²) in [6.07, 6.45) is 2.29. The van der Waals surface area contributed by atoms with E-state index in [2.05, 4.69) is 15.0 Å². The Bertz CT molecular complexity index is 602. The van der Waals surface area contributed by atoms with E-state index in [1.807, 2.05) is 0 Å².